The Morgan fingerprint density at radius 1 is 0.806 bits per heavy atom. The van der Waals surface area contributed by atoms with Gasteiger partial charge in [-0.25, -0.2) is 4.79 Å². The van der Waals surface area contributed by atoms with Crippen LogP contribution in [0, 0.1) is 0 Å². The lowest BCUT2D eigenvalue weighted by atomic mass is 9.90. The number of hydrogen-bond donors (Lipinski definition) is 2. The fourth-order valence-corrected chi connectivity index (χ4v) is 4.59. The zero-order chi connectivity index (χ0) is 22.8. The molecule has 31 heavy (non-hydrogen) atoms. The first-order chi connectivity index (χ1) is 14.5. The van der Waals surface area contributed by atoms with Gasteiger partial charge in [0.15, 0.2) is 0 Å². The van der Waals surface area contributed by atoms with Crippen LogP contribution in [0.25, 0.3) is 33.4 Å². The predicted molar refractivity (Wildman–Crippen MR) is 123 cm³/mol. The molecule has 2 aliphatic rings. The molecule has 0 spiro atoms. The maximum Gasteiger partial charge on any atom is 0.337 e. The minimum Gasteiger partial charge on any atom is -0.506 e. The topological polar surface area (TPSA) is 87.7 Å². The number of phenolic OH excluding ortho intramolecular Hbond substituents is 1. The number of phenols is 1. The number of fused-ring (bicyclic) bond motifs is 2. The highest BCUT2D eigenvalue weighted by molar-refractivity contribution is 6.54. The van der Waals surface area contributed by atoms with Gasteiger partial charge in [-0.15, -0.1) is 0 Å². The van der Waals surface area contributed by atoms with E-state index in [-0.39, 0.29) is 69.3 Å². The molecule has 0 saturated heterocycles. The molecule has 0 bridgehead atoms. The van der Waals surface area contributed by atoms with E-state index in [0.29, 0.717) is 0 Å². The molecule has 0 radical (unpaired) electrons. The molecular formula is C20H6Cl6O5. The maximum absolute atomic E-state index is 12.1. The molecule has 0 saturated carbocycles. The van der Waals surface area contributed by atoms with Crippen LogP contribution < -0.4 is 5.43 Å². The number of carbonyl (C=O) groups is 1. The van der Waals surface area contributed by atoms with Gasteiger partial charge in [0.2, 0.25) is 5.43 Å². The summed E-state index contributed by atoms with van der Waals surface area (Å²) < 4.78 is 5.74. The third kappa shape index (κ3) is 3.50. The quantitative estimate of drug-likeness (QED) is 0.154. The molecule has 1 heterocycles. The Balaban J connectivity index is 2.36. The zero-order valence-electron chi connectivity index (χ0n) is 14.7. The van der Waals surface area contributed by atoms with Crippen molar-refractivity contribution in [2.24, 2.45) is 0 Å². The van der Waals surface area contributed by atoms with Crippen molar-refractivity contribution in [1.29, 1.82) is 0 Å². The summed E-state index contributed by atoms with van der Waals surface area (Å²) in [6, 6.07) is 4.99. The lowest BCUT2D eigenvalue weighted by molar-refractivity contribution is 0.0698. The van der Waals surface area contributed by atoms with Gasteiger partial charge in [0.1, 0.15) is 17.1 Å². The summed E-state index contributed by atoms with van der Waals surface area (Å²) in [5.41, 5.74) is -0.559. The largest absolute Gasteiger partial charge is 0.506 e. The highest BCUT2D eigenvalue weighted by Gasteiger charge is 2.30. The van der Waals surface area contributed by atoms with Gasteiger partial charge in [0.05, 0.1) is 35.7 Å². The van der Waals surface area contributed by atoms with Gasteiger partial charge in [-0.1, -0.05) is 69.6 Å². The van der Waals surface area contributed by atoms with Gasteiger partial charge in [-0.3, -0.25) is 4.79 Å². The number of carboxylic acids is 1. The van der Waals surface area contributed by atoms with E-state index in [4.69, 9.17) is 74.0 Å². The number of halogens is 6. The average Bonchev–Trinajstić information content (AvgIpc) is 2.70. The third-order valence-electron chi connectivity index (χ3n) is 4.57. The van der Waals surface area contributed by atoms with E-state index in [1.165, 1.54) is 18.2 Å². The summed E-state index contributed by atoms with van der Waals surface area (Å²) >= 11 is 37.1. The van der Waals surface area contributed by atoms with Gasteiger partial charge < -0.3 is 14.6 Å². The Morgan fingerprint density at radius 2 is 1.45 bits per heavy atom. The Kier molecular flexibility index (Phi) is 5.71. The first kappa shape index (κ1) is 22.3. The van der Waals surface area contributed by atoms with E-state index in [1.54, 1.807) is 0 Å². The average molecular weight is 539 g/mol. The van der Waals surface area contributed by atoms with E-state index in [9.17, 15) is 19.8 Å². The standard InChI is InChI=1S/C20H6Cl6O5/c21-7-1-5-11(3-9(7)27)31-12-4-10(28)8(22)2-6(12)13(5)14-15(20(29)30)17(24)19(26)18(25)16(14)23/h1-4,27H,(H,29,30). The summed E-state index contributed by atoms with van der Waals surface area (Å²) in [6.07, 6.45) is 0. The fraction of sp³-hybridized carbons (Fsp3) is 0. The molecule has 5 nitrogen and oxygen atoms in total. The van der Waals surface area contributed by atoms with Crippen molar-refractivity contribution < 1.29 is 19.4 Å². The summed E-state index contributed by atoms with van der Waals surface area (Å²) in [7, 11) is 0. The summed E-state index contributed by atoms with van der Waals surface area (Å²) in [5.74, 6) is -1.68. The van der Waals surface area contributed by atoms with Gasteiger partial charge in [-0.05, 0) is 12.1 Å². The summed E-state index contributed by atoms with van der Waals surface area (Å²) in [6.45, 7) is 0. The molecule has 2 N–H and O–H groups in total. The van der Waals surface area contributed by atoms with E-state index < -0.39 is 17.0 Å². The Labute approximate surface area is 203 Å². The van der Waals surface area contributed by atoms with Crippen molar-refractivity contribution in [1.82, 2.24) is 0 Å². The molecule has 4 rings (SSSR count). The minimum atomic E-state index is -1.43. The number of rotatable bonds is 2. The van der Waals surface area contributed by atoms with Crippen LogP contribution in [0.4, 0.5) is 0 Å². The second-order valence-corrected chi connectivity index (χ2v) is 8.69. The van der Waals surface area contributed by atoms with Gasteiger partial charge in [0.25, 0.3) is 0 Å². The molecule has 0 fully saturated rings. The molecule has 0 atom stereocenters. The fourth-order valence-electron chi connectivity index (χ4n) is 3.24. The monoisotopic (exact) mass is 536 g/mol. The van der Waals surface area contributed by atoms with Gasteiger partial charge in [-0.2, -0.15) is 0 Å². The molecule has 0 amide bonds. The molecule has 2 aromatic rings. The number of hydrogen-bond acceptors (Lipinski definition) is 4. The normalized spacial score (nSPS) is 11.4. The molecule has 1 aliphatic heterocycles. The molecule has 1 aliphatic carbocycles. The molecule has 0 unspecified atom stereocenters. The van der Waals surface area contributed by atoms with Crippen molar-refractivity contribution in [3.63, 3.8) is 0 Å². The predicted octanol–water partition coefficient (Wildman–Crippen LogP) is 7.89. The van der Waals surface area contributed by atoms with Crippen molar-refractivity contribution in [3.05, 3.63) is 70.2 Å². The zero-order valence-corrected chi connectivity index (χ0v) is 19.2. The molecule has 11 heteroatoms. The molecular weight excluding hydrogens is 533 g/mol. The number of carboxylic acid groups (broad SMARTS) is 1. The van der Waals surface area contributed by atoms with Crippen LogP contribution in [0.15, 0.2) is 33.5 Å². The molecule has 0 aromatic heterocycles. The third-order valence-corrected chi connectivity index (χ3v) is 6.97. The number of aromatic carboxylic acids is 1. The Hall–Kier alpha value is -1.86. The highest BCUT2D eigenvalue weighted by atomic mass is 35.5. The van der Waals surface area contributed by atoms with Crippen LogP contribution in [0.3, 0.4) is 0 Å². The van der Waals surface area contributed by atoms with Crippen LogP contribution in [0.5, 0.6) is 5.75 Å². The van der Waals surface area contributed by atoms with E-state index in [1.807, 2.05) is 0 Å². The van der Waals surface area contributed by atoms with Crippen molar-refractivity contribution in [2.45, 2.75) is 0 Å². The van der Waals surface area contributed by atoms with Gasteiger partial charge in [0, 0.05) is 34.2 Å². The lowest BCUT2D eigenvalue weighted by Gasteiger charge is -2.20. The minimum absolute atomic E-state index is 0.0472. The maximum atomic E-state index is 12.1. The van der Waals surface area contributed by atoms with Crippen LogP contribution in [0.1, 0.15) is 10.4 Å². The first-order valence-corrected chi connectivity index (χ1v) is 10.5. The molecule has 2 aromatic carbocycles. The number of benzene rings is 3. The highest BCUT2D eigenvalue weighted by Crippen LogP contribution is 2.51. The van der Waals surface area contributed by atoms with Crippen LogP contribution in [-0.4, -0.2) is 16.2 Å². The van der Waals surface area contributed by atoms with Crippen LogP contribution >= 0.6 is 69.6 Å². The molecule has 158 valence electrons. The van der Waals surface area contributed by atoms with Crippen LogP contribution in [0.2, 0.25) is 30.1 Å². The smallest absolute Gasteiger partial charge is 0.337 e. The summed E-state index contributed by atoms with van der Waals surface area (Å²) in [5, 5.41) is 19.0. The van der Waals surface area contributed by atoms with E-state index >= 15 is 0 Å². The second kappa shape index (κ2) is 7.93. The Bertz CT molecular complexity index is 1460. The van der Waals surface area contributed by atoms with E-state index in [0.717, 1.165) is 6.07 Å². The van der Waals surface area contributed by atoms with Gasteiger partial charge >= 0.3 is 5.97 Å². The Morgan fingerprint density at radius 3 is 2.10 bits per heavy atom. The SMILES string of the molecule is O=C(O)c1c(Cl)c(Cl)c(Cl)c(Cl)c1-c1c2cc(Cl)c(=O)cc-2oc2cc(O)c(Cl)cc12. The van der Waals surface area contributed by atoms with E-state index in [2.05, 4.69) is 0 Å². The first-order valence-electron chi connectivity index (χ1n) is 8.21. The lowest BCUT2D eigenvalue weighted by Crippen LogP contribution is -2.06. The van der Waals surface area contributed by atoms with Crippen LogP contribution in [-0.2, 0) is 0 Å². The van der Waals surface area contributed by atoms with Crippen molar-refractivity contribution in [3.8, 4) is 28.2 Å². The second-order valence-electron chi connectivity index (χ2n) is 6.37. The summed E-state index contributed by atoms with van der Waals surface area (Å²) in [4.78, 5) is 24.2. The number of aromatic hydroxyl groups is 1. The van der Waals surface area contributed by atoms with Crippen molar-refractivity contribution >= 4 is 86.5 Å². The van der Waals surface area contributed by atoms with Crippen molar-refractivity contribution in [2.75, 3.05) is 0 Å².